The lowest BCUT2D eigenvalue weighted by Gasteiger charge is -2.23. The second-order valence-electron chi connectivity index (χ2n) is 4.73. The van der Waals surface area contributed by atoms with Gasteiger partial charge in [-0.15, -0.1) is 0 Å². The number of amides is 1. The minimum Gasteiger partial charge on any atom is -0.484 e. The lowest BCUT2D eigenvalue weighted by atomic mass is 10.1. The number of carboxylic acid groups (broad SMARTS) is 1. The maximum Gasteiger partial charge on any atom is 0.305 e. The lowest BCUT2D eigenvalue weighted by Crippen LogP contribution is -2.39. The number of carbonyl (C=O) groups is 2. The topological polar surface area (TPSA) is 66.8 Å². The molecule has 2 rings (SSSR count). The minimum atomic E-state index is -0.916. The number of benzene rings is 1. The van der Waals surface area contributed by atoms with Gasteiger partial charge in [0, 0.05) is 18.7 Å². The van der Waals surface area contributed by atoms with Crippen molar-refractivity contribution in [1.82, 2.24) is 4.90 Å². The second kappa shape index (κ2) is 6.36. The molecule has 6 heteroatoms. The number of halogens is 1. The van der Waals surface area contributed by atoms with Crippen LogP contribution in [0.15, 0.2) is 24.3 Å². The third-order valence-corrected chi connectivity index (χ3v) is 3.27. The fourth-order valence-corrected chi connectivity index (χ4v) is 2.36. The summed E-state index contributed by atoms with van der Waals surface area (Å²) >= 11 is 0. The number of likely N-dealkylation sites (tertiary alicyclic amines) is 1. The molecular formula is C14H16FNO4. The molecule has 5 nitrogen and oxygen atoms in total. The van der Waals surface area contributed by atoms with E-state index in [-0.39, 0.29) is 30.7 Å². The molecule has 1 N–H and O–H groups in total. The second-order valence-corrected chi connectivity index (χ2v) is 4.73. The van der Waals surface area contributed by atoms with E-state index in [1.807, 2.05) is 0 Å². The summed E-state index contributed by atoms with van der Waals surface area (Å²) in [5.74, 6) is -1.33. The smallest absolute Gasteiger partial charge is 0.305 e. The van der Waals surface area contributed by atoms with Gasteiger partial charge in [-0.05, 0) is 25.0 Å². The number of rotatable bonds is 5. The van der Waals surface area contributed by atoms with Gasteiger partial charge in [0.15, 0.2) is 6.61 Å². The first-order valence-corrected chi connectivity index (χ1v) is 6.46. The van der Waals surface area contributed by atoms with Crippen LogP contribution in [0.5, 0.6) is 5.75 Å². The van der Waals surface area contributed by atoms with E-state index in [2.05, 4.69) is 0 Å². The Morgan fingerprint density at radius 1 is 1.45 bits per heavy atom. The van der Waals surface area contributed by atoms with Crippen LogP contribution in [0.1, 0.15) is 19.3 Å². The molecule has 1 fully saturated rings. The van der Waals surface area contributed by atoms with Gasteiger partial charge in [-0.25, -0.2) is 4.39 Å². The van der Waals surface area contributed by atoms with Gasteiger partial charge in [-0.3, -0.25) is 9.59 Å². The fraction of sp³-hybridized carbons (Fsp3) is 0.429. The van der Waals surface area contributed by atoms with Crippen molar-refractivity contribution in [3.05, 3.63) is 30.1 Å². The highest BCUT2D eigenvalue weighted by Crippen LogP contribution is 2.20. The summed E-state index contributed by atoms with van der Waals surface area (Å²) in [6.45, 7) is 0.336. The molecule has 1 unspecified atom stereocenters. The molecule has 1 aliphatic rings. The van der Waals surface area contributed by atoms with Crippen LogP contribution < -0.4 is 4.74 Å². The molecule has 0 spiro atoms. The van der Waals surface area contributed by atoms with Crippen molar-refractivity contribution >= 4 is 11.9 Å². The van der Waals surface area contributed by atoms with Crippen LogP contribution >= 0.6 is 0 Å². The van der Waals surface area contributed by atoms with Crippen LogP contribution in [0, 0.1) is 5.82 Å². The molecule has 0 radical (unpaired) electrons. The number of carboxylic acids is 1. The molecule has 0 aromatic heterocycles. The normalized spacial score (nSPS) is 18.1. The zero-order valence-electron chi connectivity index (χ0n) is 10.9. The molecular weight excluding hydrogens is 265 g/mol. The molecule has 0 aliphatic carbocycles. The summed E-state index contributed by atoms with van der Waals surface area (Å²) in [4.78, 5) is 24.3. The number of ether oxygens (including phenoxy) is 1. The third kappa shape index (κ3) is 3.69. The van der Waals surface area contributed by atoms with E-state index in [1.165, 1.54) is 23.1 Å². The highest BCUT2D eigenvalue weighted by Gasteiger charge is 2.30. The Hall–Kier alpha value is -2.11. The Bertz CT molecular complexity index is 506. The highest BCUT2D eigenvalue weighted by atomic mass is 19.1. The SMILES string of the molecule is O=C(O)CC1CCCN1C(=O)COc1cccc(F)c1. The molecule has 1 aliphatic heterocycles. The van der Waals surface area contributed by atoms with Gasteiger partial charge >= 0.3 is 5.97 Å². The number of aliphatic carboxylic acids is 1. The van der Waals surface area contributed by atoms with Crippen molar-refractivity contribution in [2.24, 2.45) is 0 Å². The van der Waals surface area contributed by atoms with Gasteiger partial charge < -0.3 is 14.7 Å². The molecule has 1 heterocycles. The Morgan fingerprint density at radius 2 is 2.25 bits per heavy atom. The fourth-order valence-electron chi connectivity index (χ4n) is 2.36. The molecule has 108 valence electrons. The molecule has 0 saturated carbocycles. The van der Waals surface area contributed by atoms with E-state index in [0.717, 1.165) is 6.42 Å². The van der Waals surface area contributed by atoms with Crippen molar-refractivity contribution < 1.29 is 23.8 Å². The van der Waals surface area contributed by atoms with E-state index in [1.54, 1.807) is 6.07 Å². The van der Waals surface area contributed by atoms with Crippen molar-refractivity contribution in [2.75, 3.05) is 13.2 Å². The summed E-state index contributed by atoms with van der Waals surface area (Å²) in [5, 5.41) is 8.80. The Balaban J connectivity index is 1.89. The van der Waals surface area contributed by atoms with Crippen molar-refractivity contribution in [2.45, 2.75) is 25.3 Å². The van der Waals surface area contributed by atoms with Gasteiger partial charge in [-0.1, -0.05) is 6.07 Å². The van der Waals surface area contributed by atoms with Crippen LogP contribution in [-0.2, 0) is 9.59 Å². The monoisotopic (exact) mass is 281 g/mol. The van der Waals surface area contributed by atoms with Gasteiger partial charge in [-0.2, -0.15) is 0 Å². The standard InChI is InChI=1S/C14H16FNO4/c15-10-3-1-5-12(7-10)20-9-13(17)16-6-2-4-11(16)8-14(18)19/h1,3,5,7,11H,2,4,6,8-9H2,(H,18,19). The van der Waals surface area contributed by atoms with Gasteiger partial charge in [0.25, 0.3) is 5.91 Å². The highest BCUT2D eigenvalue weighted by molar-refractivity contribution is 5.79. The van der Waals surface area contributed by atoms with Gasteiger partial charge in [0.05, 0.1) is 6.42 Å². The predicted molar refractivity (Wildman–Crippen MR) is 68.9 cm³/mol. The maximum atomic E-state index is 13.0. The first-order chi connectivity index (χ1) is 9.56. The maximum absolute atomic E-state index is 13.0. The number of hydrogen-bond acceptors (Lipinski definition) is 3. The minimum absolute atomic E-state index is 0.0499. The van der Waals surface area contributed by atoms with Crippen LogP contribution in [0.25, 0.3) is 0 Å². The van der Waals surface area contributed by atoms with Crippen LogP contribution in [0.4, 0.5) is 4.39 Å². The quantitative estimate of drug-likeness (QED) is 0.891. The summed E-state index contributed by atoms with van der Waals surface area (Å²) in [5.41, 5.74) is 0. The van der Waals surface area contributed by atoms with E-state index < -0.39 is 11.8 Å². The third-order valence-electron chi connectivity index (χ3n) is 3.27. The molecule has 1 atom stereocenters. The van der Waals surface area contributed by atoms with Crippen LogP contribution in [0.2, 0.25) is 0 Å². The molecule has 1 aromatic rings. The number of nitrogens with zero attached hydrogens (tertiary/aromatic N) is 1. The first kappa shape index (κ1) is 14.3. The number of carbonyl (C=O) groups excluding carboxylic acids is 1. The first-order valence-electron chi connectivity index (χ1n) is 6.46. The van der Waals surface area contributed by atoms with Crippen molar-refractivity contribution in [1.29, 1.82) is 0 Å². The van der Waals surface area contributed by atoms with Gasteiger partial charge in [0.2, 0.25) is 0 Å². The van der Waals surface area contributed by atoms with E-state index in [4.69, 9.17) is 9.84 Å². The molecule has 0 bridgehead atoms. The summed E-state index contributed by atoms with van der Waals surface area (Å²) < 4.78 is 18.2. The average molecular weight is 281 g/mol. The van der Waals surface area contributed by atoms with Crippen LogP contribution in [-0.4, -0.2) is 41.1 Å². The zero-order valence-corrected chi connectivity index (χ0v) is 10.9. The predicted octanol–water partition coefficient (Wildman–Crippen LogP) is 1.67. The summed E-state index contributed by atoms with van der Waals surface area (Å²) in [6.07, 6.45) is 1.44. The Morgan fingerprint density at radius 3 is 2.95 bits per heavy atom. The number of hydrogen-bond donors (Lipinski definition) is 1. The Kier molecular flexibility index (Phi) is 4.55. The van der Waals surface area contributed by atoms with Crippen molar-refractivity contribution in [3.63, 3.8) is 0 Å². The Labute approximate surface area is 116 Å². The largest absolute Gasteiger partial charge is 0.484 e. The molecule has 1 aromatic carbocycles. The van der Waals surface area contributed by atoms with E-state index in [9.17, 15) is 14.0 Å². The lowest BCUT2D eigenvalue weighted by molar-refractivity contribution is -0.140. The summed E-state index contributed by atoms with van der Waals surface area (Å²) in [6, 6.07) is 5.29. The summed E-state index contributed by atoms with van der Waals surface area (Å²) in [7, 11) is 0. The molecule has 1 saturated heterocycles. The van der Waals surface area contributed by atoms with Crippen LogP contribution in [0.3, 0.4) is 0 Å². The average Bonchev–Trinajstić information content (AvgIpc) is 2.83. The van der Waals surface area contributed by atoms with Gasteiger partial charge in [0.1, 0.15) is 11.6 Å². The zero-order chi connectivity index (χ0) is 14.5. The molecule has 20 heavy (non-hydrogen) atoms. The molecule has 1 amide bonds. The van der Waals surface area contributed by atoms with E-state index >= 15 is 0 Å². The van der Waals surface area contributed by atoms with E-state index in [0.29, 0.717) is 13.0 Å². The van der Waals surface area contributed by atoms with Crippen molar-refractivity contribution in [3.8, 4) is 5.75 Å².